The van der Waals surface area contributed by atoms with E-state index < -0.39 is 0 Å². The summed E-state index contributed by atoms with van der Waals surface area (Å²) in [5.41, 5.74) is -0.132. The summed E-state index contributed by atoms with van der Waals surface area (Å²) in [5.74, 6) is 2.76. The van der Waals surface area contributed by atoms with E-state index in [0.717, 1.165) is 49.8 Å². The van der Waals surface area contributed by atoms with E-state index in [1.54, 1.807) is 11.8 Å². The SMILES string of the molecule is CC(C)Cn1c(S[C@H](C)c2nc(C(C)(C)C)no2)nnc1N1CCOCC1. The number of hydrogen-bond acceptors (Lipinski definition) is 8. The molecule has 1 atom stereocenters. The second-order valence-corrected chi connectivity index (χ2v) is 9.66. The molecule has 0 aromatic carbocycles. The number of hydrogen-bond donors (Lipinski definition) is 0. The van der Waals surface area contributed by atoms with Gasteiger partial charge in [0.1, 0.15) is 0 Å². The van der Waals surface area contributed by atoms with Gasteiger partial charge in [-0.15, -0.1) is 10.2 Å². The normalized spacial score (nSPS) is 16.9. The molecule has 3 rings (SSSR count). The van der Waals surface area contributed by atoms with Crippen LogP contribution in [0.2, 0.25) is 0 Å². The summed E-state index contributed by atoms with van der Waals surface area (Å²) in [4.78, 5) is 6.83. The van der Waals surface area contributed by atoms with Gasteiger partial charge in [0.15, 0.2) is 11.0 Å². The lowest BCUT2D eigenvalue weighted by molar-refractivity contribution is 0.121. The zero-order chi connectivity index (χ0) is 19.6. The zero-order valence-electron chi connectivity index (χ0n) is 17.1. The third kappa shape index (κ3) is 4.82. The highest BCUT2D eigenvalue weighted by Gasteiger charge is 2.26. The molecule has 27 heavy (non-hydrogen) atoms. The lowest BCUT2D eigenvalue weighted by Gasteiger charge is -2.28. The molecule has 0 aliphatic carbocycles. The molecule has 1 aliphatic heterocycles. The van der Waals surface area contributed by atoms with Gasteiger partial charge in [0.25, 0.3) is 0 Å². The minimum Gasteiger partial charge on any atom is -0.378 e. The molecule has 3 heterocycles. The molecule has 2 aromatic heterocycles. The predicted octanol–water partition coefficient (Wildman–Crippen LogP) is 3.30. The molecule has 1 aliphatic rings. The van der Waals surface area contributed by atoms with Crippen LogP contribution in [-0.4, -0.2) is 51.2 Å². The molecule has 2 aromatic rings. The highest BCUT2D eigenvalue weighted by molar-refractivity contribution is 7.99. The number of aromatic nitrogens is 5. The Hall–Kier alpha value is -1.61. The Kier molecular flexibility index (Phi) is 6.10. The summed E-state index contributed by atoms with van der Waals surface area (Å²) in [7, 11) is 0. The number of anilines is 1. The monoisotopic (exact) mass is 394 g/mol. The minimum atomic E-state index is -0.132. The third-order valence-corrected chi connectivity index (χ3v) is 5.35. The minimum absolute atomic E-state index is 0.00116. The van der Waals surface area contributed by atoms with E-state index in [1.807, 2.05) is 0 Å². The van der Waals surface area contributed by atoms with Crippen LogP contribution in [0.25, 0.3) is 0 Å². The van der Waals surface area contributed by atoms with Crippen LogP contribution >= 0.6 is 11.8 Å². The van der Waals surface area contributed by atoms with Crippen molar-refractivity contribution in [3.8, 4) is 0 Å². The molecule has 8 nitrogen and oxygen atoms in total. The smallest absolute Gasteiger partial charge is 0.239 e. The summed E-state index contributed by atoms with van der Waals surface area (Å²) in [6.07, 6.45) is 0. The van der Waals surface area contributed by atoms with Gasteiger partial charge in [-0.2, -0.15) is 4.98 Å². The number of thioether (sulfide) groups is 1. The van der Waals surface area contributed by atoms with Crippen LogP contribution in [0.3, 0.4) is 0 Å². The summed E-state index contributed by atoms with van der Waals surface area (Å²) < 4.78 is 13.2. The lowest BCUT2D eigenvalue weighted by Crippen LogP contribution is -2.38. The molecular formula is C18H30N6O2S. The van der Waals surface area contributed by atoms with Gasteiger partial charge in [0.2, 0.25) is 11.8 Å². The summed E-state index contributed by atoms with van der Waals surface area (Å²) in [5, 5.41) is 14.0. The van der Waals surface area contributed by atoms with Gasteiger partial charge in [-0.05, 0) is 12.8 Å². The van der Waals surface area contributed by atoms with Crippen LogP contribution in [-0.2, 0) is 16.7 Å². The Labute approximate surface area is 165 Å². The number of nitrogens with zero attached hydrogens (tertiary/aromatic N) is 6. The summed E-state index contributed by atoms with van der Waals surface area (Å²) in [6, 6.07) is 0. The fourth-order valence-electron chi connectivity index (χ4n) is 2.80. The van der Waals surface area contributed by atoms with Crippen molar-refractivity contribution in [2.75, 3.05) is 31.2 Å². The number of morpholine rings is 1. The standard InChI is InChI=1S/C18H30N6O2S/c1-12(2)11-24-16(23-7-9-25-10-8-23)20-21-17(24)27-13(3)14-19-15(22-26-14)18(4,5)6/h12-13H,7-11H2,1-6H3/t13-/m1/s1. The number of ether oxygens (including phenoxy) is 1. The Morgan fingerprint density at radius 1 is 1.11 bits per heavy atom. The topological polar surface area (TPSA) is 82.1 Å². The van der Waals surface area contributed by atoms with Crippen LogP contribution in [0.5, 0.6) is 0 Å². The van der Waals surface area contributed by atoms with Crippen molar-refractivity contribution in [2.45, 2.75) is 63.9 Å². The van der Waals surface area contributed by atoms with Crippen molar-refractivity contribution in [2.24, 2.45) is 5.92 Å². The van der Waals surface area contributed by atoms with Crippen molar-refractivity contribution < 1.29 is 9.26 Å². The maximum absolute atomic E-state index is 5.50. The Morgan fingerprint density at radius 2 is 1.81 bits per heavy atom. The Balaban J connectivity index is 1.80. The summed E-state index contributed by atoms with van der Waals surface area (Å²) >= 11 is 1.61. The molecule has 0 N–H and O–H groups in total. The summed E-state index contributed by atoms with van der Waals surface area (Å²) in [6.45, 7) is 16.7. The molecule has 0 amide bonds. The van der Waals surface area contributed by atoms with Gasteiger partial charge in [0, 0.05) is 25.0 Å². The third-order valence-electron chi connectivity index (χ3n) is 4.28. The predicted molar refractivity (Wildman–Crippen MR) is 105 cm³/mol. The van der Waals surface area contributed by atoms with Crippen molar-refractivity contribution in [1.82, 2.24) is 24.9 Å². The van der Waals surface area contributed by atoms with E-state index in [9.17, 15) is 0 Å². The largest absolute Gasteiger partial charge is 0.378 e. The molecule has 1 saturated heterocycles. The lowest BCUT2D eigenvalue weighted by atomic mass is 9.96. The second kappa shape index (κ2) is 8.18. The van der Waals surface area contributed by atoms with Crippen molar-refractivity contribution in [3.63, 3.8) is 0 Å². The van der Waals surface area contributed by atoms with Gasteiger partial charge < -0.3 is 14.2 Å². The van der Waals surface area contributed by atoms with Crippen LogP contribution in [0, 0.1) is 5.92 Å². The van der Waals surface area contributed by atoms with Crippen molar-refractivity contribution >= 4 is 17.7 Å². The molecule has 0 saturated carbocycles. The van der Waals surface area contributed by atoms with Crippen LogP contribution < -0.4 is 4.90 Å². The molecular weight excluding hydrogens is 364 g/mol. The van der Waals surface area contributed by atoms with Crippen LogP contribution in [0.15, 0.2) is 9.68 Å². The average molecular weight is 395 g/mol. The van der Waals surface area contributed by atoms with Crippen LogP contribution in [0.4, 0.5) is 5.95 Å². The van der Waals surface area contributed by atoms with Crippen molar-refractivity contribution in [1.29, 1.82) is 0 Å². The quantitative estimate of drug-likeness (QED) is 0.690. The van der Waals surface area contributed by atoms with Gasteiger partial charge in [0.05, 0.1) is 18.5 Å². The molecule has 0 bridgehead atoms. The second-order valence-electron chi connectivity index (χ2n) is 8.35. The van der Waals surface area contributed by atoms with E-state index in [4.69, 9.17) is 9.26 Å². The fourth-order valence-corrected chi connectivity index (χ4v) is 3.69. The zero-order valence-corrected chi connectivity index (χ0v) is 17.9. The van der Waals surface area contributed by atoms with E-state index in [1.165, 1.54) is 0 Å². The molecule has 9 heteroatoms. The maximum Gasteiger partial charge on any atom is 0.239 e. The molecule has 0 spiro atoms. The van der Waals surface area contributed by atoms with E-state index in [0.29, 0.717) is 11.8 Å². The van der Waals surface area contributed by atoms with Gasteiger partial charge in [-0.1, -0.05) is 51.5 Å². The van der Waals surface area contributed by atoms with E-state index in [2.05, 4.69) is 71.3 Å². The number of rotatable bonds is 6. The first-order valence-electron chi connectivity index (χ1n) is 9.52. The Morgan fingerprint density at radius 3 is 2.41 bits per heavy atom. The van der Waals surface area contributed by atoms with E-state index in [-0.39, 0.29) is 10.7 Å². The molecule has 1 fully saturated rings. The average Bonchev–Trinajstić information content (AvgIpc) is 3.23. The first-order chi connectivity index (χ1) is 12.8. The fraction of sp³-hybridized carbons (Fsp3) is 0.778. The maximum atomic E-state index is 5.50. The van der Waals surface area contributed by atoms with Crippen LogP contribution in [0.1, 0.15) is 58.5 Å². The highest BCUT2D eigenvalue weighted by atomic mass is 32.2. The van der Waals surface area contributed by atoms with Gasteiger partial charge in [-0.25, -0.2) is 0 Å². The molecule has 0 unspecified atom stereocenters. The van der Waals surface area contributed by atoms with E-state index >= 15 is 0 Å². The Bertz CT molecular complexity index is 745. The molecule has 0 radical (unpaired) electrons. The van der Waals surface area contributed by atoms with Gasteiger partial charge in [-0.3, -0.25) is 4.57 Å². The molecule has 150 valence electrons. The first kappa shape index (κ1) is 20.1. The highest BCUT2D eigenvalue weighted by Crippen LogP contribution is 2.35. The van der Waals surface area contributed by atoms with Gasteiger partial charge >= 0.3 is 0 Å². The first-order valence-corrected chi connectivity index (χ1v) is 10.4. The van der Waals surface area contributed by atoms with Crippen molar-refractivity contribution in [3.05, 3.63) is 11.7 Å².